The van der Waals surface area contributed by atoms with Gasteiger partial charge in [-0.3, -0.25) is 14.3 Å². The Morgan fingerprint density at radius 3 is 2.77 bits per heavy atom. The minimum absolute atomic E-state index is 0.153. The second-order valence-corrected chi connectivity index (χ2v) is 8.63. The molecule has 1 aromatic carbocycles. The molecule has 0 bridgehead atoms. The Balaban J connectivity index is 1.60. The summed E-state index contributed by atoms with van der Waals surface area (Å²) in [7, 11) is 0. The quantitative estimate of drug-likeness (QED) is 0.519. The summed E-state index contributed by atoms with van der Waals surface area (Å²) < 4.78 is 7.55. The van der Waals surface area contributed by atoms with Gasteiger partial charge in [0.1, 0.15) is 5.75 Å². The highest BCUT2D eigenvalue weighted by molar-refractivity contribution is 7.99. The maximum Gasteiger partial charge on any atom is 0.233 e. The van der Waals surface area contributed by atoms with Crippen LogP contribution in [-0.2, 0) is 4.79 Å². The summed E-state index contributed by atoms with van der Waals surface area (Å²) in [5, 5.41) is 9.51. The van der Waals surface area contributed by atoms with Crippen LogP contribution in [0.2, 0.25) is 0 Å². The van der Waals surface area contributed by atoms with Crippen LogP contribution in [0.15, 0.2) is 53.9 Å². The predicted octanol–water partition coefficient (Wildman–Crippen LogP) is 4.08. The number of hydrogen-bond donors (Lipinski definition) is 0. The normalized spacial score (nSPS) is 16.3. The molecule has 4 rings (SSSR count). The van der Waals surface area contributed by atoms with Crippen molar-refractivity contribution in [3.05, 3.63) is 48.8 Å². The number of hydrogen-bond acceptors (Lipinski definition) is 6. The molecule has 1 atom stereocenters. The van der Waals surface area contributed by atoms with Gasteiger partial charge in [0.05, 0.1) is 12.4 Å². The molecule has 0 radical (unpaired) electrons. The van der Waals surface area contributed by atoms with Crippen molar-refractivity contribution < 1.29 is 9.53 Å². The largest absolute Gasteiger partial charge is 0.494 e. The molecule has 8 heteroatoms. The number of nitrogens with zero attached hydrogens (tertiary/aromatic N) is 5. The summed E-state index contributed by atoms with van der Waals surface area (Å²) in [4.78, 5) is 19.0. The number of aromatic nitrogens is 4. The Bertz CT molecular complexity index is 1010. The third-order valence-electron chi connectivity index (χ3n) is 5.29. The van der Waals surface area contributed by atoms with Crippen LogP contribution in [0.3, 0.4) is 0 Å². The van der Waals surface area contributed by atoms with Crippen molar-refractivity contribution in [1.29, 1.82) is 0 Å². The molecule has 7 nitrogen and oxygen atoms in total. The van der Waals surface area contributed by atoms with E-state index in [4.69, 9.17) is 4.74 Å². The van der Waals surface area contributed by atoms with Gasteiger partial charge in [-0.2, -0.15) is 0 Å². The molecular formula is C23H27N5O2S. The zero-order chi connectivity index (χ0) is 21.6. The standard InChI is InChI=1S/C23H27N5O2S/c1-3-30-20-10-8-19(9-11-20)28-22(18-7-4-12-24-14-18)25-26-23(28)31-16-21(29)27-13-5-6-17(2)15-27/h4,7-12,14,17H,3,5-6,13,15-16H2,1-2H3/t17-/m0/s1. The van der Waals surface area contributed by atoms with E-state index < -0.39 is 0 Å². The van der Waals surface area contributed by atoms with Crippen LogP contribution in [0.25, 0.3) is 17.1 Å². The number of amides is 1. The van der Waals surface area contributed by atoms with Crippen molar-refractivity contribution in [1.82, 2.24) is 24.6 Å². The first-order valence-electron chi connectivity index (χ1n) is 10.7. The highest BCUT2D eigenvalue weighted by atomic mass is 32.2. The number of carbonyl (C=O) groups is 1. The van der Waals surface area contributed by atoms with Crippen LogP contribution in [0, 0.1) is 5.92 Å². The van der Waals surface area contributed by atoms with Crippen molar-refractivity contribution in [2.75, 3.05) is 25.4 Å². The number of rotatable bonds is 7. The van der Waals surface area contributed by atoms with E-state index in [1.807, 2.05) is 52.8 Å². The van der Waals surface area contributed by atoms with E-state index >= 15 is 0 Å². The summed E-state index contributed by atoms with van der Waals surface area (Å²) in [5.41, 5.74) is 1.78. The third kappa shape index (κ3) is 5.07. The maximum absolute atomic E-state index is 12.8. The zero-order valence-electron chi connectivity index (χ0n) is 17.9. The molecule has 31 heavy (non-hydrogen) atoms. The Labute approximate surface area is 186 Å². The van der Waals surface area contributed by atoms with Gasteiger partial charge in [0.2, 0.25) is 5.91 Å². The molecule has 2 aromatic heterocycles. The van der Waals surface area contributed by atoms with E-state index in [0.29, 0.717) is 29.3 Å². The van der Waals surface area contributed by atoms with Gasteiger partial charge in [-0.15, -0.1) is 10.2 Å². The highest BCUT2D eigenvalue weighted by Crippen LogP contribution is 2.29. The van der Waals surface area contributed by atoms with Crippen LogP contribution in [0.4, 0.5) is 0 Å². The molecule has 1 saturated heterocycles. The van der Waals surface area contributed by atoms with E-state index in [9.17, 15) is 4.79 Å². The summed E-state index contributed by atoms with van der Waals surface area (Å²) in [5.74, 6) is 2.56. The van der Waals surface area contributed by atoms with Gasteiger partial charge in [-0.1, -0.05) is 18.7 Å². The zero-order valence-corrected chi connectivity index (χ0v) is 18.7. The maximum atomic E-state index is 12.8. The Morgan fingerprint density at radius 2 is 2.06 bits per heavy atom. The number of ether oxygens (including phenoxy) is 1. The average Bonchev–Trinajstić information content (AvgIpc) is 3.23. The topological polar surface area (TPSA) is 73.1 Å². The molecule has 0 aliphatic carbocycles. The lowest BCUT2D eigenvalue weighted by atomic mass is 10.0. The molecule has 3 aromatic rings. The van der Waals surface area contributed by atoms with Gasteiger partial charge in [0.15, 0.2) is 11.0 Å². The number of thioether (sulfide) groups is 1. The molecule has 1 aliphatic rings. The monoisotopic (exact) mass is 437 g/mol. The Morgan fingerprint density at radius 1 is 1.23 bits per heavy atom. The van der Waals surface area contributed by atoms with Gasteiger partial charge in [-0.05, 0) is 62.1 Å². The molecule has 3 heterocycles. The van der Waals surface area contributed by atoms with Crippen molar-refractivity contribution >= 4 is 17.7 Å². The Kier molecular flexibility index (Phi) is 6.86. The SMILES string of the molecule is CCOc1ccc(-n2c(SCC(=O)N3CCC[C@H](C)C3)nnc2-c2cccnc2)cc1. The molecule has 0 spiro atoms. The summed E-state index contributed by atoms with van der Waals surface area (Å²) in [6, 6.07) is 11.6. The number of piperidine rings is 1. The van der Waals surface area contributed by atoms with Crippen molar-refractivity contribution in [2.24, 2.45) is 5.92 Å². The minimum Gasteiger partial charge on any atom is -0.494 e. The van der Waals surface area contributed by atoms with Crippen LogP contribution >= 0.6 is 11.8 Å². The fourth-order valence-corrected chi connectivity index (χ4v) is 4.62. The van der Waals surface area contributed by atoms with E-state index in [1.165, 1.54) is 18.2 Å². The number of likely N-dealkylation sites (tertiary alicyclic amines) is 1. The van der Waals surface area contributed by atoms with E-state index in [-0.39, 0.29) is 5.91 Å². The van der Waals surface area contributed by atoms with Crippen molar-refractivity contribution in [2.45, 2.75) is 31.8 Å². The molecule has 0 N–H and O–H groups in total. The third-order valence-corrected chi connectivity index (χ3v) is 6.21. The summed E-state index contributed by atoms with van der Waals surface area (Å²) in [6.07, 6.45) is 5.77. The highest BCUT2D eigenvalue weighted by Gasteiger charge is 2.23. The van der Waals surface area contributed by atoms with Crippen LogP contribution in [0.1, 0.15) is 26.7 Å². The fraction of sp³-hybridized carbons (Fsp3) is 0.391. The molecular weight excluding hydrogens is 410 g/mol. The number of benzene rings is 1. The second kappa shape index (κ2) is 9.96. The van der Waals surface area contributed by atoms with Gasteiger partial charge >= 0.3 is 0 Å². The first-order valence-corrected chi connectivity index (χ1v) is 11.6. The van der Waals surface area contributed by atoms with Crippen LogP contribution in [-0.4, -0.2) is 56.0 Å². The van der Waals surface area contributed by atoms with E-state index in [1.54, 1.807) is 12.4 Å². The molecule has 0 unspecified atom stereocenters. The van der Waals surface area contributed by atoms with E-state index in [0.717, 1.165) is 36.5 Å². The molecule has 1 amide bonds. The first kappa shape index (κ1) is 21.4. The van der Waals surface area contributed by atoms with Gasteiger partial charge in [-0.25, -0.2) is 0 Å². The number of carbonyl (C=O) groups excluding carboxylic acids is 1. The lowest BCUT2D eigenvalue weighted by Crippen LogP contribution is -2.40. The molecule has 0 saturated carbocycles. The van der Waals surface area contributed by atoms with Crippen LogP contribution in [0.5, 0.6) is 5.75 Å². The lowest BCUT2D eigenvalue weighted by molar-refractivity contribution is -0.130. The second-order valence-electron chi connectivity index (χ2n) is 7.69. The molecule has 162 valence electrons. The van der Waals surface area contributed by atoms with Crippen LogP contribution < -0.4 is 4.74 Å². The summed E-state index contributed by atoms with van der Waals surface area (Å²) in [6.45, 7) is 6.46. The number of pyridine rings is 1. The van der Waals surface area contributed by atoms with E-state index in [2.05, 4.69) is 22.1 Å². The minimum atomic E-state index is 0.153. The summed E-state index contributed by atoms with van der Waals surface area (Å²) >= 11 is 1.42. The van der Waals surface area contributed by atoms with Gasteiger partial charge < -0.3 is 9.64 Å². The smallest absolute Gasteiger partial charge is 0.233 e. The Hall–Kier alpha value is -2.87. The first-order chi connectivity index (χ1) is 15.2. The fourth-order valence-electron chi connectivity index (χ4n) is 3.77. The van der Waals surface area contributed by atoms with Gasteiger partial charge in [0.25, 0.3) is 0 Å². The predicted molar refractivity (Wildman–Crippen MR) is 121 cm³/mol. The average molecular weight is 438 g/mol. The van der Waals surface area contributed by atoms with Crippen molar-refractivity contribution in [3.8, 4) is 22.8 Å². The molecule has 1 fully saturated rings. The lowest BCUT2D eigenvalue weighted by Gasteiger charge is -2.30. The van der Waals surface area contributed by atoms with Gasteiger partial charge in [0, 0.05) is 36.7 Å². The van der Waals surface area contributed by atoms with Crippen molar-refractivity contribution in [3.63, 3.8) is 0 Å². The molecule has 1 aliphatic heterocycles.